The van der Waals surface area contributed by atoms with E-state index < -0.39 is 5.97 Å². The molecule has 150 valence electrons. The van der Waals surface area contributed by atoms with Crippen molar-refractivity contribution in [3.05, 3.63) is 119 Å². The fourth-order valence-corrected chi connectivity index (χ4v) is 3.54. The Morgan fingerprint density at radius 3 is 2.32 bits per heavy atom. The molecule has 0 N–H and O–H groups in total. The molecule has 4 nitrogen and oxygen atoms in total. The minimum absolute atomic E-state index is 0.250. The first-order chi connectivity index (χ1) is 15.3. The first-order valence-corrected chi connectivity index (χ1v) is 10.0. The topological polar surface area (TPSA) is 47.9 Å². The Labute approximate surface area is 180 Å². The van der Waals surface area contributed by atoms with Gasteiger partial charge in [-0.05, 0) is 40.6 Å². The highest BCUT2D eigenvalue weighted by Crippen LogP contribution is 2.32. The highest BCUT2D eigenvalue weighted by atomic mass is 16.6. The second kappa shape index (κ2) is 8.28. The SMILES string of the molecule is O=C1OC(c2ccccc2)=N/C1=C/c1c(OCc2ccccc2)ccc2ccccc12. The Hall–Kier alpha value is -4.18. The number of hydrogen-bond donors (Lipinski definition) is 0. The molecule has 0 spiro atoms. The first kappa shape index (κ1) is 18.8. The number of benzene rings is 4. The van der Waals surface area contributed by atoms with E-state index in [-0.39, 0.29) is 5.70 Å². The number of ether oxygens (including phenoxy) is 2. The highest BCUT2D eigenvalue weighted by Gasteiger charge is 2.25. The van der Waals surface area contributed by atoms with Crippen LogP contribution in [0.4, 0.5) is 0 Å². The van der Waals surface area contributed by atoms with E-state index in [9.17, 15) is 4.79 Å². The molecular weight excluding hydrogens is 386 g/mol. The van der Waals surface area contributed by atoms with Gasteiger partial charge < -0.3 is 9.47 Å². The van der Waals surface area contributed by atoms with Crippen molar-refractivity contribution in [2.45, 2.75) is 6.61 Å². The maximum atomic E-state index is 12.5. The summed E-state index contributed by atoms with van der Waals surface area (Å²) in [5.41, 5.74) is 2.88. The quantitative estimate of drug-likeness (QED) is 0.313. The van der Waals surface area contributed by atoms with Gasteiger partial charge in [0.05, 0.1) is 0 Å². The van der Waals surface area contributed by atoms with E-state index in [0.29, 0.717) is 18.3 Å². The minimum atomic E-state index is -0.471. The Morgan fingerprint density at radius 1 is 0.806 bits per heavy atom. The zero-order chi connectivity index (χ0) is 21.0. The zero-order valence-electron chi connectivity index (χ0n) is 16.7. The summed E-state index contributed by atoms with van der Waals surface area (Å²) in [6.45, 7) is 0.429. The lowest BCUT2D eigenvalue weighted by Crippen LogP contribution is -2.05. The maximum absolute atomic E-state index is 12.5. The Bertz CT molecular complexity index is 1310. The maximum Gasteiger partial charge on any atom is 0.363 e. The van der Waals surface area contributed by atoms with Crippen LogP contribution in [0.15, 0.2) is 108 Å². The number of nitrogens with zero attached hydrogens (tertiary/aromatic N) is 1. The van der Waals surface area contributed by atoms with Gasteiger partial charge in [0.1, 0.15) is 12.4 Å². The lowest BCUT2D eigenvalue weighted by molar-refractivity contribution is -0.129. The zero-order valence-corrected chi connectivity index (χ0v) is 16.7. The van der Waals surface area contributed by atoms with Crippen molar-refractivity contribution in [3.63, 3.8) is 0 Å². The minimum Gasteiger partial charge on any atom is -0.488 e. The number of cyclic esters (lactones) is 1. The van der Waals surface area contributed by atoms with Crippen molar-refractivity contribution in [3.8, 4) is 5.75 Å². The Kier molecular flexibility index (Phi) is 5.03. The van der Waals surface area contributed by atoms with Gasteiger partial charge in [-0.3, -0.25) is 0 Å². The van der Waals surface area contributed by atoms with Crippen LogP contribution >= 0.6 is 0 Å². The second-order valence-electron chi connectivity index (χ2n) is 7.17. The van der Waals surface area contributed by atoms with Crippen molar-refractivity contribution < 1.29 is 14.3 Å². The number of fused-ring (bicyclic) bond motifs is 1. The number of esters is 1. The van der Waals surface area contributed by atoms with Crippen LogP contribution in [0.1, 0.15) is 16.7 Å². The molecule has 0 unspecified atom stereocenters. The molecule has 4 heteroatoms. The smallest absolute Gasteiger partial charge is 0.363 e. The largest absolute Gasteiger partial charge is 0.488 e. The number of hydrogen-bond acceptors (Lipinski definition) is 4. The molecule has 0 saturated carbocycles. The third-order valence-corrected chi connectivity index (χ3v) is 5.09. The molecule has 0 amide bonds. The molecule has 5 rings (SSSR count). The normalized spacial score (nSPS) is 14.5. The van der Waals surface area contributed by atoms with Crippen molar-refractivity contribution in [1.82, 2.24) is 0 Å². The van der Waals surface area contributed by atoms with Crippen molar-refractivity contribution >= 4 is 28.7 Å². The molecular formula is C27H19NO3. The van der Waals surface area contributed by atoms with Gasteiger partial charge in [-0.2, -0.15) is 0 Å². The molecule has 1 aliphatic rings. The molecule has 0 fully saturated rings. The summed E-state index contributed by atoms with van der Waals surface area (Å²) in [5.74, 6) is 0.524. The third-order valence-electron chi connectivity index (χ3n) is 5.09. The van der Waals surface area contributed by atoms with Crippen LogP contribution in [-0.2, 0) is 16.1 Å². The van der Waals surface area contributed by atoms with Crippen LogP contribution < -0.4 is 4.74 Å². The van der Waals surface area contributed by atoms with Gasteiger partial charge in [0, 0.05) is 11.1 Å². The molecule has 4 aromatic carbocycles. The molecule has 4 aromatic rings. The highest BCUT2D eigenvalue weighted by molar-refractivity contribution is 6.13. The second-order valence-corrected chi connectivity index (χ2v) is 7.17. The van der Waals surface area contributed by atoms with Crippen molar-refractivity contribution in [2.75, 3.05) is 0 Å². The van der Waals surface area contributed by atoms with E-state index in [2.05, 4.69) is 4.99 Å². The average molecular weight is 405 g/mol. The van der Waals surface area contributed by atoms with Crippen LogP contribution in [-0.4, -0.2) is 11.9 Å². The average Bonchev–Trinajstić information content (AvgIpc) is 3.20. The van der Waals surface area contributed by atoms with Gasteiger partial charge in [0.2, 0.25) is 5.90 Å². The third kappa shape index (κ3) is 3.96. The van der Waals surface area contributed by atoms with Gasteiger partial charge in [-0.15, -0.1) is 0 Å². The fourth-order valence-electron chi connectivity index (χ4n) is 3.54. The van der Waals surface area contributed by atoms with Gasteiger partial charge in [0.25, 0.3) is 0 Å². The van der Waals surface area contributed by atoms with E-state index in [4.69, 9.17) is 9.47 Å². The van der Waals surface area contributed by atoms with Crippen molar-refractivity contribution in [1.29, 1.82) is 0 Å². The summed E-state index contributed by atoms with van der Waals surface area (Å²) >= 11 is 0. The summed E-state index contributed by atoms with van der Waals surface area (Å²) in [6, 6.07) is 31.3. The molecule has 0 radical (unpaired) electrons. The molecule has 31 heavy (non-hydrogen) atoms. The van der Waals surface area contributed by atoms with Crippen LogP contribution in [0.2, 0.25) is 0 Å². The van der Waals surface area contributed by atoms with E-state index in [1.807, 2.05) is 97.1 Å². The predicted molar refractivity (Wildman–Crippen MR) is 122 cm³/mol. The molecule has 1 aliphatic heterocycles. The summed E-state index contributed by atoms with van der Waals surface area (Å²) in [5, 5.41) is 2.04. The van der Waals surface area contributed by atoms with Gasteiger partial charge in [0.15, 0.2) is 5.70 Å². The summed E-state index contributed by atoms with van der Waals surface area (Å²) in [4.78, 5) is 17.0. The first-order valence-electron chi connectivity index (χ1n) is 10.0. The van der Waals surface area contributed by atoms with E-state index in [1.54, 1.807) is 6.08 Å². The van der Waals surface area contributed by atoms with Gasteiger partial charge >= 0.3 is 5.97 Å². The molecule has 0 aliphatic carbocycles. The summed E-state index contributed by atoms with van der Waals surface area (Å²) < 4.78 is 11.6. The van der Waals surface area contributed by atoms with Crippen molar-refractivity contribution in [2.24, 2.45) is 4.99 Å². The molecule has 1 heterocycles. The van der Waals surface area contributed by atoms with Gasteiger partial charge in [-0.1, -0.05) is 78.9 Å². The number of aliphatic imine (C=N–C) groups is 1. The number of rotatable bonds is 5. The molecule has 0 bridgehead atoms. The predicted octanol–water partition coefficient (Wildman–Crippen LogP) is 5.76. The van der Waals surface area contributed by atoms with E-state index in [0.717, 1.165) is 27.5 Å². The lowest BCUT2D eigenvalue weighted by atomic mass is 10.0. The summed E-state index contributed by atoms with van der Waals surface area (Å²) in [7, 11) is 0. The number of carbonyl (C=O) groups is 1. The van der Waals surface area contributed by atoms with Crippen LogP contribution in [0, 0.1) is 0 Å². The molecule has 0 atom stereocenters. The Balaban J connectivity index is 1.56. The van der Waals surface area contributed by atoms with Crippen LogP contribution in [0.25, 0.3) is 16.8 Å². The van der Waals surface area contributed by atoms with Crippen LogP contribution in [0.3, 0.4) is 0 Å². The van der Waals surface area contributed by atoms with Crippen LogP contribution in [0.5, 0.6) is 5.75 Å². The summed E-state index contributed by atoms with van der Waals surface area (Å²) in [6.07, 6.45) is 1.75. The number of carbonyl (C=O) groups excluding carboxylic acids is 1. The molecule has 0 aromatic heterocycles. The monoisotopic (exact) mass is 405 g/mol. The lowest BCUT2D eigenvalue weighted by Gasteiger charge is -2.12. The standard InChI is InChI=1S/C27H19NO3/c29-27-24(28-26(31-27)21-12-5-2-6-13-21)17-23-22-14-8-7-11-20(22)15-16-25(23)30-18-19-9-3-1-4-10-19/h1-17H,18H2/b24-17+. The van der Waals surface area contributed by atoms with Gasteiger partial charge in [-0.25, -0.2) is 9.79 Å². The fraction of sp³-hybridized carbons (Fsp3) is 0.0370. The molecule has 0 saturated heterocycles. The van der Waals surface area contributed by atoms with E-state index >= 15 is 0 Å². The van der Waals surface area contributed by atoms with E-state index in [1.165, 1.54) is 0 Å². The Morgan fingerprint density at radius 2 is 1.52 bits per heavy atom.